The summed E-state index contributed by atoms with van der Waals surface area (Å²) in [5, 5.41) is 3.78. The van der Waals surface area contributed by atoms with Crippen LogP contribution in [-0.4, -0.2) is 44.3 Å². The summed E-state index contributed by atoms with van der Waals surface area (Å²) >= 11 is 19.0. The van der Waals surface area contributed by atoms with E-state index in [1.54, 1.807) is 61.5 Å². The van der Waals surface area contributed by atoms with Gasteiger partial charge in [-0.25, -0.2) is 8.42 Å². The van der Waals surface area contributed by atoms with Crippen LogP contribution in [0.2, 0.25) is 15.1 Å². The van der Waals surface area contributed by atoms with Gasteiger partial charge in [-0.2, -0.15) is 0 Å². The van der Waals surface area contributed by atoms with Crippen LogP contribution in [0.1, 0.15) is 32.3 Å². The number of hydrogen-bond donors (Lipinski definition) is 1. The van der Waals surface area contributed by atoms with E-state index in [1.807, 2.05) is 6.92 Å². The molecule has 0 heterocycles. The predicted octanol–water partition coefficient (Wildman–Crippen LogP) is 6.18. The minimum atomic E-state index is -4.18. The lowest BCUT2D eigenvalue weighted by molar-refractivity contribution is -0.139. The van der Waals surface area contributed by atoms with Gasteiger partial charge in [0.05, 0.1) is 10.6 Å². The second kappa shape index (κ2) is 14.0. The van der Waals surface area contributed by atoms with Gasteiger partial charge >= 0.3 is 0 Å². The Kier molecular flexibility index (Phi) is 11.1. The van der Waals surface area contributed by atoms with E-state index in [2.05, 4.69) is 5.32 Å². The molecule has 0 bridgehead atoms. The van der Waals surface area contributed by atoms with Crippen molar-refractivity contribution in [3.63, 3.8) is 0 Å². The van der Waals surface area contributed by atoms with Gasteiger partial charge in [-0.3, -0.25) is 13.9 Å². The van der Waals surface area contributed by atoms with E-state index in [4.69, 9.17) is 34.8 Å². The molecule has 0 spiro atoms. The third-order valence-electron chi connectivity index (χ3n) is 6.09. The molecule has 3 rings (SSSR count). The van der Waals surface area contributed by atoms with Gasteiger partial charge in [-0.05, 0) is 55.8 Å². The molecule has 0 radical (unpaired) electrons. The molecular formula is C28H30Cl3N3O4S. The molecule has 11 heteroatoms. The summed E-state index contributed by atoms with van der Waals surface area (Å²) in [5.41, 5.74) is 0.651. The van der Waals surface area contributed by atoms with E-state index in [0.29, 0.717) is 27.2 Å². The summed E-state index contributed by atoms with van der Waals surface area (Å²) in [4.78, 5) is 28.2. The Morgan fingerprint density at radius 2 is 1.56 bits per heavy atom. The summed E-state index contributed by atoms with van der Waals surface area (Å²) in [6, 6.07) is 18.0. The van der Waals surface area contributed by atoms with E-state index < -0.39 is 28.5 Å². The molecule has 1 atom stereocenters. The van der Waals surface area contributed by atoms with Crippen LogP contribution in [0.15, 0.2) is 77.7 Å². The number of halogens is 3. The third kappa shape index (κ3) is 7.88. The number of unbranched alkanes of at least 4 members (excludes halogenated alkanes) is 1. The second-order valence-electron chi connectivity index (χ2n) is 8.85. The average molecular weight is 611 g/mol. The first-order valence-corrected chi connectivity index (χ1v) is 15.0. The van der Waals surface area contributed by atoms with Gasteiger partial charge in [-0.1, -0.05) is 78.5 Å². The summed E-state index contributed by atoms with van der Waals surface area (Å²) in [6.07, 6.45) is 1.67. The van der Waals surface area contributed by atoms with Crippen molar-refractivity contribution < 1.29 is 18.0 Å². The first-order valence-electron chi connectivity index (χ1n) is 12.4. The highest BCUT2D eigenvalue weighted by Gasteiger charge is 2.33. The van der Waals surface area contributed by atoms with Gasteiger partial charge < -0.3 is 10.2 Å². The summed E-state index contributed by atoms with van der Waals surface area (Å²) in [7, 11) is -4.18. The van der Waals surface area contributed by atoms with Crippen molar-refractivity contribution in [3.8, 4) is 0 Å². The normalized spacial score (nSPS) is 12.0. The van der Waals surface area contributed by atoms with E-state index in [1.165, 1.54) is 23.1 Å². The van der Waals surface area contributed by atoms with E-state index >= 15 is 0 Å². The second-order valence-corrected chi connectivity index (χ2v) is 12.0. The van der Waals surface area contributed by atoms with Crippen LogP contribution in [-0.2, 0) is 26.2 Å². The van der Waals surface area contributed by atoms with Crippen LogP contribution in [0.4, 0.5) is 5.69 Å². The molecule has 1 unspecified atom stereocenters. The number of sulfonamides is 1. The van der Waals surface area contributed by atoms with Crippen molar-refractivity contribution in [2.45, 2.75) is 44.2 Å². The zero-order chi connectivity index (χ0) is 28.6. The lowest BCUT2D eigenvalue weighted by atomic mass is 10.1. The number of carbonyl (C=O) groups excluding carboxylic acids is 2. The maximum atomic E-state index is 13.9. The van der Waals surface area contributed by atoms with Crippen molar-refractivity contribution in [1.82, 2.24) is 10.2 Å². The minimum Gasteiger partial charge on any atom is -0.354 e. The van der Waals surface area contributed by atoms with E-state index in [0.717, 1.165) is 17.1 Å². The van der Waals surface area contributed by atoms with Crippen LogP contribution in [0.5, 0.6) is 0 Å². The quantitative estimate of drug-likeness (QED) is 0.248. The van der Waals surface area contributed by atoms with Gasteiger partial charge in [0.25, 0.3) is 10.0 Å². The highest BCUT2D eigenvalue weighted by Crippen LogP contribution is 2.29. The molecule has 0 aliphatic heterocycles. The standard InChI is InChI=1S/C28H30Cl3N3O4S/c1-3-4-16-32-28(36)20(2)33(18-24-25(30)14-9-15-26(24)31)27(35)19-34(22-11-8-10-21(29)17-22)39(37,38)23-12-6-5-7-13-23/h5-15,17,20H,3-4,16,18-19H2,1-2H3,(H,32,36). The molecule has 0 aliphatic rings. The number of benzene rings is 3. The Morgan fingerprint density at radius 3 is 2.18 bits per heavy atom. The van der Waals surface area contributed by atoms with Crippen molar-refractivity contribution in [3.05, 3.63) is 93.4 Å². The molecule has 2 amide bonds. The molecule has 0 aliphatic carbocycles. The van der Waals surface area contributed by atoms with Gasteiger partial charge in [0, 0.05) is 33.7 Å². The number of rotatable bonds is 12. The first kappa shape index (κ1) is 30.8. The molecule has 0 fully saturated rings. The molecule has 1 N–H and O–H groups in total. The topological polar surface area (TPSA) is 86.8 Å². The molecule has 0 aromatic heterocycles. The molecule has 208 valence electrons. The van der Waals surface area contributed by atoms with Gasteiger partial charge in [0.15, 0.2) is 0 Å². The van der Waals surface area contributed by atoms with Crippen LogP contribution in [0.3, 0.4) is 0 Å². The molecular weight excluding hydrogens is 581 g/mol. The number of anilines is 1. The number of hydrogen-bond acceptors (Lipinski definition) is 4. The smallest absolute Gasteiger partial charge is 0.264 e. The molecule has 0 saturated heterocycles. The fourth-order valence-corrected chi connectivity index (χ4v) is 5.98. The zero-order valence-corrected chi connectivity index (χ0v) is 24.7. The number of nitrogens with one attached hydrogen (secondary N) is 1. The van der Waals surface area contributed by atoms with E-state index in [9.17, 15) is 18.0 Å². The fourth-order valence-electron chi connectivity index (χ4n) is 3.85. The predicted molar refractivity (Wildman–Crippen MR) is 157 cm³/mol. The fraction of sp³-hybridized carbons (Fsp3) is 0.286. The molecule has 0 saturated carbocycles. The summed E-state index contributed by atoms with van der Waals surface area (Å²) in [5.74, 6) is -0.996. The Balaban J connectivity index is 2.03. The SMILES string of the molecule is CCCCNC(=O)C(C)N(Cc1c(Cl)cccc1Cl)C(=O)CN(c1cccc(Cl)c1)S(=O)(=O)c1ccccc1. The number of amides is 2. The number of nitrogens with zero attached hydrogens (tertiary/aromatic N) is 2. The minimum absolute atomic E-state index is 0.00355. The van der Waals surface area contributed by atoms with Crippen molar-refractivity contribution >= 4 is 62.3 Å². The van der Waals surface area contributed by atoms with E-state index in [-0.39, 0.29) is 23.0 Å². The monoisotopic (exact) mass is 609 g/mol. The molecule has 3 aromatic carbocycles. The Bertz CT molecular complexity index is 1380. The average Bonchev–Trinajstić information content (AvgIpc) is 2.91. The third-order valence-corrected chi connectivity index (χ3v) is 8.82. The summed E-state index contributed by atoms with van der Waals surface area (Å²) in [6.45, 7) is 3.34. The Hall–Kier alpha value is -2.78. The summed E-state index contributed by atoms with van der Waals surface area (Å²) < 4.78 is 28.5. The van der Waals surface area contributed by atoms with Gasteiger partial charge in [-0.15, -0.1) is 0 Å². The molecule has 39 heavy (non-hydrogen) atoms. The first-order chi connectivity index (χ1) is 18.6. The Morgan fingerprint density at radius 1 is 0.923 bits per heavy atom. The van der Waals surface area contributed by atoms with Gasteiger partial charge in [0.2, 0.25) is 11.8 Å². The largest absolute Gasteiger partial charge is 0.354 e. The maximum Gasteiger partial charge on any atom is 0.264 e. The number of carbonyl (C=O) groups is 2. The molecule has 3 aromatic rings. The highest BCUT2D eigenvalue weighted by molar-refractivity contribution is 7.92. The van der Waals surface area contributed by atoms with Crippen molar-refractivity contribution in [1.29, 1.82) is 0 Å². The zero-order valence-electron chi connectivity index (χ0n) is 21.6. The molecule has 7 nitrogen and oxygen atoms in total. The Labute approximate surface area is 244 Å². The van der Waals surface area contributed by atoms with Gasteiger partial charge in [0.1, 0.15) is 12.6 Å². The van der Waals surface area contributed by atoms with Crippen LogP contribution < -0.4 is 9.62 Å². The van der Waals surface area contributed by atoms with Crippen LogP contribution >= 0.6 is 34.8 Å². The van der Waals surface area contributed by atoms with Crippen molar-refractivity contribution in [2.75, 3.05) is 17.4 Å². The lowest BCUT2D eigenvalue weighted by Crippen LogP contribution is -2.51. The lowest BCUT2D eigenvalue weighted by Gasteiger charge is -2.32. The van der Waals surface area contributed by atoms with Crippen LogP contribution in [0.25, 0.3) is 0 Å². The van der Waals surface area contributed by atoms with Crippen molar-refractivity contribution in [2.24, 2.45) is 0 Å². The highest BCUT2D eigenvalue weighted by atomic mass is 35.5. The maximum absolute atomic E-state index is 13.9. The van der Waals surface area contributed by atoms with Crippen LogP contribution in [0, 0.1) is 0 Å².